The number of hydrogen-bond acceptors (Lipinski definition) is 7. The Labute approximate surface area is 171 Å². The Morgan fingerprint density at radius 2 is 1.37 bits per heavy atom. The molecule has 0 amide bonds. The van der Waals surface area contributed by atoms with Crippen LogP contribution in [-0.4, -0.2) is 31.1 Å². The van der Waals surface area contributed by atoms with E-state index in [0.29, 0.717) is 22.4 Å². The van der Waals surface area contributed by atoms with Crippen LogP contribution in [0.5, 0.6) is 0 Å². The molecule has 0 aliphatic carbocycles. The summed E-state index contributed by atoms with van der Waals surface area (Å²) in [4.78, 5) is 31.7. The van der Waals surface area contributed by atoms with Gasteiger partial charge < -0.3 is 15.2 Å². The van der Waals surface area contributed by atoms with Crippen molar-refractivity contribution in [2.45, 2.75) is 26.7 Å². The number of halogens is 2. The maximum atomic E-state index is 13.5. The van der Waals surface area contributed by atoms with Gasteiger partial charge in [0.05, 0.1) is 38.1 Å². The van der Waals surface area contributed by atoms with E-state index in [4.69, 9.17) is 5.73 Å². The van der Waals surface area contributed by atoms with Gasteiger partial charge in [-0.2, -0.15) is 0 Å². The topological polar surface area (TPSA) is 122 Å². The van der Waals surface area contributed by atoms with Crippen LogP contribution in [0, 0.1) is 35.6 Å². The lowest BCUT2D eigenvalue weighted by atomic mass is 10.0. The molecular formula is C20H22F2N2O6. The molecular weight excluding hydrogens is 402 g/mol. The molecule has 0 fully saturated rings. The van der Waals surface area contributed by atoms with Crippen LogP contribution in [-0.2, 0) is 31.9 Å². The van der Waals surface area contributed by atoms with Crippen LogP contribution >= 0.6 is 0 Å². The number of carbonyl (C=O) groups is 2. The van der Waals surface area contributed by atoms with Gasteiger partial charge in [-0.15, -0.1) is 0 Å². The SMILES string of the molecule is COC(=O)Cc1c(C)cc(N)cc1F.COC(=O)Cc1c(C)cc([N+](=O)[O-])cc1F. The number of benzene rings is 2. The van der Waals surface area contributed by atoms with Crippen molar-refractivity contribution in [1.82, 2.24) is 0 Å². The van der Waals surface area contributed by atoms with Crippen molar-refractivity contribution in [3.05, 3.63) is 68.3 Å². The number of anilines is 1. The van der Waals surface area contributed by atoms with Crippen molar-refractivity contribution in [1.29, 1.82) is 0 Å². The summed E-state index contributed by atoms with van der Waals surface area (Å²) in [7, 11) is 2.47. The molecule has 2 N–H and O–H groups in total. The third-order valence-electron chi connectivity index (χ3n) is 4.15. The normalized spacial score (nSPS) is 9.93. The number of methoxy groups -OCH3 is 2. The summed E-state index contributed by atoms with van der Waals surface area (Å²) in [6, 6.07) is 4.85. The average molecular weight is 424 g/mol. The lowest BCUT2D eigenvalue weighted by molar-refractivity contribution is -0.385. The van der Waals surface area contributed by atoms with Crippen molar-refractivity contribution < 1.29 is 32.8 Å². The van der Waals surface area contributed by atoms with Gasteiger partial charge in [-0.1, -0.05) is 0 Å². The number of hydrogen-bond donors (Lipinski definition) is 1. The molecule has 2 rings (SSSR count). The Hall–Kier alpha value is -3.56. The van der Waals surface area contributed by atoms with Crippen molar-refractivity contribution in [2.75, 3.05) is 20.0 Å². The Morgan fingerprint density at radius 1 is 0.933 bits per heavy atom. The number of rotatable bonds is 5. The molecule has 30 heavy (non-hydrogen) atoms. The van der Waals surface area contributed by atoms with E-state index in [0.717, 1.165) is 6.07 Å². The molecule has 0 bridgehead atoms. The molecule has 0 spiro atoms. The Balaban J connectivity index is 0.000000303. The van der Waals surface area contributed by atoms with Crippen LogP contribution in [0.25, 0.3) is 0 Å². The molecule has 0 aromatic heterocycles. The first-order chi connectivity index (χ1) is 14.0. The third kappa shape index (κ3) is 6.80. The summed E-state index contributed by atoms with van der Waals surface area (Å²) in [5.74, 6) is -2.28. The van der Waals surface area contributed by atoms with Crippen molar-refractivity contribution in [2.24, 2.45) is 0 Å². The molecule has 8 nitrogen and oxygen atoms in total. The minimum Gasteiger partial charge on any atom is -0.469 e. The third-order valence-corrected chi connectivity index (χ3v) is 4.15. The van der Waals surface area contributed by atoms with Crippen LogP contribution in [0.2, 0.25) is 0 Å². The summed E-state index contributed by atoms with van der Waals surface area (Å²) in [6.45, 7) is 3.21. The van der Waals surface area contributed by atoms with Crippen LogP contribution < -0.4 is 5.73 Å². The Kier molecular flexibility index (Phi) is 8.85. The monoisotopic (exact) mass is 424 g/mol. The molecule has 0 heterocycles. The highest BCUT2D eigenvalue weighted by Gasteiger charge is 2.17. The molecule has 0 unspecified atom stereocenters. The fourth-order valence-corrected chi connectivity index (χ4v) is 2.54. The van der Waals surface area contributed by atoms with Crippen molar-refractivity contribution in [3.63, 3.8) is 0 Å². The van der Waals surface area contributed by atoms with Gasteiger partial charge >= 0.3 is 11.9 Å². The second kappa shape index (κ2) is 10.8. The van der Waals surface area contributed by atoms with E-state index in [2.05, 4.69) is 9.47 Å². The number of aryl methyl sites for hydroxylation is 2. The lowest BCUT2D eigenvalue weighted by Gasteiger charge is -2.07. The van der Waals surface area contributed by atoms with Crippen LogP contribution in [0.3, 0.4) is 0 Å². The smallest absolute Gasteiger partial charge is 0.310 e. The molecule has 2 aromatic rings. The van der Waals surface area contributed by atoms with Gasteiger partial charge in [0.15, 0.2) is 0 Å². The fourth-order valence-electron chi connectivity index (χ4n) is 2.54. The van der Waals surface area contributed by atoms with Crippen molar-refractivity contribution >= 4 is 23.3 Å². The molecule has 10 heteroatoms. The fraction of sp³-hybridized carbons (Fsp3) is 0.300. The zero-order valence-corrected chi connectivity index (χ0v) is 17.0. The maximum Gasteiger partial charge on any atom is 0.310 e. The summed E-state index contributed by atoms with van der Waals surface area (Å²) >= 11 is 0. The van der Waals surface area contributed by atoms with E-state index in [9.17, 15) is 28.5 Å². The zero-order chi connectivity index (χ0) is 23.0. The van der Waals surface area contributed by atoms with Crippen LogP contribution in [0.4, 0.5) is 20.2 Å². The minimum atomic E-state index is -0.767. The predicted molar refractivity (Wildman–Crippen MR) is 105 cm³/mol. The van der Waals surface area contributed by atoms with Gasteiger partial charge in [0, 0.05) is 22.9 Å². The highest BCUT2D eigenvalue weighted by atomic mass is 19.1. The molecule has 0 atom stereocenters. The number of nitro groups is 1. The van der Waals surface area contributed by atoms with E-state index in [-0.39, 0.29) is 24.1 Å². The highest BCUT2D eigenvalue weighted by molar-refractivity contribution is 5.73. The van der Waals surface area contributed by atoms with Gasteiger partial charge in [0.25, 0.3) is 5.69 Å². The van der Waals surface area contributed by atoms with Crippen LogP contribution in [0.1, 0.15) is 22.3 Å². The number of ether oxygens (including phenoxy) is 2. The van der Waals surface area contributed by atoms with Gasteiger partial charge in [0.1, 0.15) is 11.6 Å². The molecule has 2 aromatic carbocycles. The summed E-state index contributed by atoms with van der Waals surface area (Å²) in [6.07, 6.45) is -0.291. The number of non-ortho nitro benzene ring substituents is 1. The summed E-state index contributed by atoms with van der Waals surface area (Å²) in [5.41, 5.74) is 6.94. The van der Waals surface area contributed by atoms with Gasteiger partial charge in [-0.25, -0.2) is 8.78 Å². The van der Waals surface area contributed by atoms with E-state index >= 15 is 0 Å². The first-order valence-corrected chi connectivity index (χ1v) is 8.61. The quantitative estimate of drug-likeness (QED) is 0.338. The van der Waals surface area contributed by atoms with E-state index in [1.807, 2.05) is 0 Å². The molecule has 0 aliphatic rings. The number of esters is 2. The number of carbonyl (C=O) groups excluding carboxylic acids is 2. The van der Waals surface area contributed by atoms with Gasteiger partial charge in [-0.05, 0) is 37.1 Å². The Bertz CT molecular complexity index is 916. The zero-order valence-electron chi connectivity index (χ0n) is 17.0. The standard InChI is InChI=1S/C10H10FNO4.C10H12FNO2/c1-6-3-7(12(14)15)4-9(11)8(6)5-10(13)16-2;1-6-3-7(12)4-9(11)8(6)5-10(13)14-2/h3-4H,5H2,1-2H3;3-4H,5,12H2,1-2H3. The molecule has 0 radical (unpaired) electrons. The van der Waals surface area contributed by atoms with E-state index in [1.165, 1.54) is 33.3 Å². The molecule has 0 saturated carbocycles. The predicted octanol–water partition coefficient (Wildman–Crippen LogP) is 3.19. The first kappa shape index (κ1) is 24.5. The molecule has 0 aliphatic heterocycles. The first-order valence-electron chi connectivity index (χ1n) is 8.61. The highest BCUT2D eigenvalue weighted by Crippen LogP contribution is 2.22. The number of nitrogen functional groups attached to an aromatic ring is 1. The maximum absolute atomic E-state index is 13.5. The second-order valence-corrected chi connectivity index (χ2v) is 6.28. The number of nitrogens with two attached hydrogens (primary N) is 1. The minimum absolute atomic E-state index is 0.0611. The summed E-state index contributed by atoms with van der Waals surface area (Å²) in [5, 5.41) is 10.4. The largest absolute Gasteiger partial charge is 0.469 e. The average Bonchev–Trinajstić information content (AvgIpc) is 2.67. The molecule has 0 saturated heterocycles. The number of nitrogens with zero attached hydrogens (tertiary/aromatic N) is 1. The summed E-state index contributed by atoms with van der Waals surface area (Å²) < 4.78 is 35.6. The number of nitro benzene ring substituents is 1. The second-order valence-electron chi connectivity index (χ2n) is 6.28. The Morgan fingerprint density at radius 3 is 1.73 bits per heavy atom. The van der Waals surface area contributed by atoms with E-state index in [1.54, 1.807) is 13.0 Å². The van der Waals surface area contributed by atoms with Gasteiger partial charge in [-0.3, -0.25) is 19.7 Å². The van der Waals surface area contributed by atoms with Crippen molar-refractivity contribution in [3.8, 4) is 0 Å². The van der Waals surface area contributed by atoms with E-state index < -0.39 is 28.5 Å². The van der Waals surface area contributed by atoms with Gasteiger partial charge in [0.2, 0.25) is 0 Å². The van der Waals surface area contributed by atoms with Crippen LogP contribution in [0.15, 0.2) is 24.3 Å². The lowest BCUT2D eigenvalue weighted by Crippen LogP contribution is -2.08. The molecule has 162 valence electrons.